The van der Waals surface area contributed by atoms with Crippen molar-refractivity contribution in [1.82, 2.24) is 4.57 Å². The largest absolute Gasteiger partial charge is 0.481 e. The van der Waals surface area contributed by atoms with Gasteiger partial charge in [-0.1, -0.05) is 54.8 Å². The van der Waals surface area contributed by atoms with Crippen molar-refractivity contribution in [2.75, 3.05) is 0 Å². The zero-order chi connectivity index (χ0) is 26.5. The Kier molecular flexibility index (Phi) is 8.07. The van der Waals surface area contributed by atoms with E-state index in [1.54, 1.807) is 0 Å². The van der Waals surface area contributed by atoms with Gasteiger partial charge in [0.2, 0.25) is 0 Å². The number of aliphatic carboxylic acids is 1. The Balaban J connectivity index is 0.000000747. The number of carboxylic acids is 1. The van der Waals surface area contributed by atoms with Crippen LogP contribution in [-0.2, 0) is 11.3 Å². The molecule has 1 aliphatic carbocycles. The lowest BCUT2D eigenvalue weighted by molar-refractivity contribution is -0.134. The summed E-state index contributed by atoms with van der Waals surface area (Å²) in [6, 6.07) is 20.1. The van der Waals surface area contributed by atoms with E-state index in [2.05, 4.69) is 40.9 Å². The van der Waals surface area contributed by atoms with E-state index >= 15 is 0 Å². The molecule has 1 heterocycles. The number of rotatable bonds is 5. The number of nitrogens with zero attached hydrogens (tertiary/aromatic N) is 2. The third kappa shape index (κ3) is 5.43. The van der Waals surface area contributed by atoms with Crippen LogP contribution in [0.4, 0.5) is 0 Å². The minimum atomic E-state index is -0.833. The molecular weight excluding hydrogens is 464 g/mol. The second-order valence-electron chi connectivity index (χ2n) is 9.69. The van der Waals surface area contributed by atoms with Crippen molar-refractivity contribution in [3.8, 4) is 0 Å². The standard InChI is InChI=1S/C29H30N2O2.C2H4O2/c1-3-31-26-15-13-21(28(30-33)20-10-5-4-6-11-20)17-24(26)25-18-22(14-16-27(25)31)29(32)23-12-8-7-9-19(23)2;1-2(3)4/h7-9,12-18,20,33H,3-6,10-11H2,1-2H3;1H3,(H,3,4). The van der Waals surface area contributed by atoms with Gasteiger partial charge in [-0.25, -0.2) is 0 Å². The monoisotopic (exact) mass is 498 g/mol. The summed E-state index contributed by atoms with van der Waals surface area (Å²) < 4.78 is 2.28. The number of hydrogen-bond acceptors (Lipinski definition) is 4. The maximum Gasteiger partial charge on any atom is 0.300 e. The lowest BCUT2D eigenvalue weighted by Gasteiger charge is -2.22. The molecule has 0 amide bonds. The number of benzene rings is 3. The minimum absolute atomic E-state index is 0.0448. The zero-order valence-electron chi connectivity index (χ0n) is 21.7. The van der Waals surface area contributed by atoms with Crippen molar-refractivity contribution in [2.24, 2.45) is 11.1 Å². The number of carbonyl (C=O) groups excluding carboxylic acids is 1. The van der Waals surface area contributed by atoms with Crippen LogP contribution in [0.1, 0.15) is 73.0 Å². The van der Waals surface area contributed by atoms with E-state index in [4.69, 9.17) is 9.90 Å². The number of oxime groups is 1. The molecule has 0 aliphatic heterocycles. The van der Waals surface area contributed by atoms with Gasteiger partial charge in [-0.2, -0.15) is 0 Å². The number of aromatic nitrogens is 1. The van der Waals surface area contributed by atoms with Gasteiger partial charge in [0, 0.05) is 57.9 Å². The minimum Gasteiger partial charge on any atom is -0.481 e. The molecule has 0 radical (unpaired) electrons. The van der Waals surface area contributed by atoms with Gasteiger partial charge in [0.1, 0.15) is 0 Å². The SMILES string of the molecule is CC(=O)O.CCn1c2ccc(C(=O)c3ccccc3C)cc2c2cc(C(=NO)C3CCCCC3)ccc21. The Bertz CT molecular complexity index is 1470. The van der Waals surface area contributed by atoms with Crippen LogP contribution in [0.25, 0.3) is 21.8 Å². The molecule has 1 fully saturated rings. The second-order valence-corrected chi connectivity index (χ2v) is 9.69. The van der Waals surface area contributed by atoms with E-state index in [1.165, 1.54) is 19.3 Å². The number of ketones is 1. The lowest BCUT2D eigenvalue weighted by Crippen LogP contribution is -2.19. The van der Waals surface area contributed by atoms with Crippen molar-refractivity contribution >= 4 is 39.3 Å². The highest BCUT2D eigenvalue weighted by Gasteiger charge is 2.23. The molecule has 0 bridgehead atoms. The summed E-state index contributed by atoms with van der Waals surface area (Å²) in [5.74, 6) is -0.484. The fraction of sp³-hybridized carbons (Fsp3) is 0.323. The lowest BCUT2D eigenvalue weighted by atomic mass is 9.83. The molecule has 6 nitrogen and oxygen atoms in total. The average Bonchev–Trinajstić information content (AvgIpc) is 3.21. The fourth-order valence-electron chi connectivity index (χ4n) is 5.48. The predicted molar refractivity (Wildman–Crippen MR) is 148 cm³/mol. The molecule has 1 aromatic heterocycles. The molecule has 0 spiro atoms. The number of fused-ring (bicyclic) bond motifs is 3. The van der Waals surface area contributed by atoms with Crippen molar-refractivity contribution in [3.05, 3.63) is 82.9 Å². The van der Waals surface area contributed by atoms with E-state index in [-0.39, 0.29) is 5.78 Å². The first-order valence-electron chi connectivity index (χ1n) is 12.9. The van der Waals surface area contributed by atoms with Crippen LogP contribution < -0.4 is 0 Å². The fourth-order valence-corrected chi connectivity index (χ4v) is 5.48. The quantitative estimate of drug-likeness (QED) is 0.132. The maximum absolute atomic E-state index is 13.3. The number of carboxylic acid groups (broad SMARTS) is 1. The molecule has 37 heavy (non-hydrogen) atoms. The molecule has 3 aromatic carbocycles. The molecule has 0 unspecified atom stereocenters. The van der Waals surface area contributed by atoms with Crippen LogP contribution >= 0.6 is 0 Å². The van der Waals surface area contributed by atoms with Crippen molar-refractivity contribution < 1.29 is 19.9 Å². The molecule has 1 saturated carbocycles. The van der Waals surface area contributed by atoms with Gasteiger partial charge in [-0.15, -0.1) is 0 Å². The molecule has 192 valence electrons. The highest BCUT2D eigenvalue weighted by Crippen LogP contribution is 2.34. The Labute approximate surface area is 217 Å². The van der Waals surface area contributed by atoms with E-state index in [1.807, 2.05) is 43.3 Å². The molecule has 2 N–H and O–H groups in total. The van der Waals surface area contributed by atoms with Gasteiger partial charge in [-0.05, 0) is 62.6 Å². The highest BCUT2D eigenvalue weighted by molar-refractivity contribution is 6.16. The van der Waals surface area contributed by atoms with Crippen LogP contribution in [0.3, 0.4) is 0 Å². The Hall–Kier alpha value is -3.93. The molecule has 6 heteroatoms. The summed E-state index contributed by atoms with van der Waals surface area (Å²) in [6.45, 7) is 6.04. The van der Waals surface area contributed by atoms with E-state index in [9.17, 15) is 10.0 Å². The second kappa shape index (κ2) is 11.4. The Morgan fingerprint density at radius 1 is 0.919 bits per heavy atom. The van der Waals surface area contributed by atoms with Crippen LogP contribution in [-0.4, -0.2) is 32.3 Å². The van der Waals surface area contributed by atoms with Gasteiger partial charge >= 0.3 is 0 Å². The van der Waals surface area contributed by atoms with Crippen LogP contribution in [0.15, 0.2) is 65.8 Å². The first-order chi connectivity index (χ1) is 17.8. The average molecular weight is 499 g/mol. The molecule has 5 rings (SSSR count). The van der Waals surface area contributed by atoms with Crippen LogP contribution in [0.5, 0.6) is 0 Å². The van der Waals surface area contributed by atoms with Gasteiger partial charge in [-0.3, -0.25) is 9.59 Å². The zero-order valence-corrected chi connectivity index (χ0v) is 21.7. The van der Waals surface area contributed by atoms with Crippen molar-refractivity contribution in [1.29, 1.82) is 0 Å². The van der Waals surface area contributed by atoms with E-state index < -0.39 is 5.97 Å². The first-order valence-corrected chi connectivity index (χ1v) is 12.9. The van der Waals surface area contributed by atoms with Gasteiger partial charge < -0.3 is 14.9 Å². The predicted octanol–water partition coefficient (Wildman–Crippen LogP) is 7.20. The van der Waals surface area contributed by atoms with Crippen LogP contribution in [0.2, 0.25) is 0 Å². The van der Waals surface area contributed by atoms with Gasteiger partial charge in [0.15, 0.2) is 5.78 Å². The number of hydrogen-bond donors (Lipinski definition) is 2. The summed E-state index contributed by atoms with van der Waals surface area (Å²) in [4.78, 5) is 22.3. The maximum atomic E-state index is 13.3. The van der Waals surface area contributed by atoms with Crippen molar-refractivity contribution in [2.45, 2.75) is 59.4 Å². The number of carbonyl (C=O) groups is 2. The highest BCUT2D eigenvalue weighted by atomic mass is 16.4. The van der Waals surface area contributed by atoms with Crippen molar-refractivity contribution in [3.63, 3.8) is 0 Å². The number of aryl methyl sites for hydroxylation is 2. The summed E-state index contributed by atoms with van der Waals surface area (Å²) in [7, 11) is 0. The summed E-state index contributed by atoms with van der Waals surface area (Å²) in [5.41, 5.74) is 6.44. The molecule has 0 atom stereocenters. The smallest absolute Gasteiger partial charge is 0.300 e. The third-order valence-electron chi connectivity index (χ3n) is 7.23. The first kappa shape index (κ1) is 26.1. The molecule has 1 aliphatic rings. The Morgan fingerprint density at radius 2 is 1.49 bits per heavy atom. The third-order valence-corrected chi connectivity index (χ3v) is 7.23. The molecule has 0 saturated heterocycles. The van der Waals surface area contributed by atoms with Crippen LogP contribution in [0, 0.1) is 12.8 Å². The summed E-state index contributed by atoms with van der Waals surface area (Å²) in [5, 5.41) is 23.2. The normalized spacial score (nSPS) is 14.4. The molecule has 4 aromatic rings. The van der Waals surface area contributed by atoms with Gasteiger partial charge in [0.25, 0.3) is 5.97 Å². The summed E-state index contributed by atoms with van der Waals surface area (Å²) in [6.07, 6.45) is 5.78. The van der Waals surface area contributed by atoms with E-state index in [0.29, 0.717) is 11.5 Å². The van der Waals surface area contributed by atoms with Gasteiger partial charge in [0.05, 0.1) is 5.71 Å². The topological polar surface area (TPSA) is 91.9 Å². The molecular formula is C31H34N2O4. The van der Waals surface area contributed by atoms with E-state index in [0.717, 1.165) is 70.5 Å². The Morgan fingerprint density at radius 3 is 2.05 bits per heavy atom. The summed E-state index contributed by atoms with van der Waals surface area (Å²) >= 11 is 0.